The molecule has 0 spiro atoms. The molecular weight excluding hydrogens is 320 g/mol. The van der Waals surface area contributed by atoms with Gasteiger partial charge in [-0.2, -0.15) is 0 Å². The lowest BCUT2D eigenvalue weighted by atomic mass is 10.1. The van der Waals surface area contributed by atoms with Gasteiger partial charge in [-0.3, -0.25) is 0 Å². The van der Waals surface area contributed by atoms with Gasteiger partial charge in [-0.15, -0.1) is 0 Å². The highest BCUT2D eigenvalue weighted by molar-refractivity contribution is 9.10. The van der Waals surface area contributed by atoms with Crippen LogP contribution in [0.2, 0.25) is 0 Å². The van der Waals surface area contributed by atoms with Gasteiger partial charge in [0, 0.05) is 22.2 Å². The topological polar surface area (TPSA) is 63.1 Å². The van der Waals surface area contributed by atoms with E-state index in [-0.39, 0.29) is 11.5 Å². The van der Waals surface area contributed by atoms with Crippen LogP contribution in [-0.4, -0.2) is 21.0 Å². The smallest absolute Gasteiger partial charge is 0.339 e. The zero-order valence-electron chi connectivity index (χ0n) is 10.9. The van der Waals surface area contributed by atoms with E-state index in [2.05, 4.69) is 25.9 Å². The summed E-state index contributed by atoms with van der Waals surface area (Å²) in [4.78, 5) is 19.9. The Kier molecular flexibility index (Phi) is 3.30. The van der Waals surface area contributed by atoms with E-state index in [1.54, 1.807) is 0 Å². The molecule has 1 aliphatic carbocycles. The van der Waals surface area contributed by atoms with E-state index in [4.69, 9.17) is 0 Å². The molecule has 0 saturated heterocycles. The lowest BCUT2D eigenvalue weighted by Crippen LogP contribution is -2.06. The van der Waals surface area contributed by atoms with E-state index < -0.39 is 5.97 Å². The summed E-state index contributed by atoms with van der Waals surface area (Å²) in [7, 11) is 0. The molecule has 1 aromatic heterocycles. The van der Waals surface area contributed by atoms with Gasteiger partial charge >= 0.3 is 5.97 Å². The van der Waals surface area contributed by atoms with Crippen molar-refractivity contribution in [2.45, 2.75) is 25.7 Å². The van der Waals surface area contributed by atoms with Gasteiger partial charge in [0.1, 0.15) is 0 Å². The Morgan fingerprint density at radius 3 is 2.75 bits per heavy atom. The molecule has 0 radical (unpaired) electrons. The molecule has 0 bridgehead atoms. The predicted molar refractivity (Wildman–Crippen MR) is 78.8 cm³/mol. The first kappa shape index (κ1) is 13.2. The third-order valence-corrected chi connectivity index (χ3v) is 4.30. The highest BCUT2D eigenvalue weighted by Crippen LogP contribution is 2.41. The summed E-state index contributed by atoms with van der Waals surface area (Å²) in [6, 6.07) is 5.90. The van der Waals surface area contributed by atoms with Crippen LogP contribution in [0.25, 0.3) is 11.4 Å². The third-order valence-electron chi connectivity index (χ3n) is 3.44. The molecule has 1 fully saturated rings. The first-order valence-corrected chi connectivity index (χ1v) is 7.22. The minimum Gasteiger partial charge on any atom is -0.478 e. The molecule has 20 heavy (non-hydrogen) atoms. The Labute approximate surface area is 125 Å². The van der Waals surface area contributed by atoms with E-state index in [1.165, 1.54) is 6.20 Å². The summed E-state index contributed by atoms with van der Waals surface area (Å²) in [6.07, 6.45) is 3.44. The standard InChI is InChI=1S/C15H13BrN2O2/c1-8-2-3-10(6-12(8)16)14-17-7-11(15(19)20)13(18-14)9-4-5-9/h2-3,6-7,9H,4-5H2,1H3,(H,19,20). The summed E-state index contributed by atoms with van der Waals surface area (Å²) < 4.78 is 0.994. The Balaban J connectivity index is 2.08. The molecule has 1 aromatic carbocycles. The van der Waals surface area contributed by atoms with Crippen molar-refractivity contribution in [3.8, 4) is 11.4 Å². The van der Waals surface area contributed by atoms with Gasteiger partial charge in [-0.25, -0.2) is 14.8 Å². The van der Waals surface area contributed by atoms with E-state index >= 15 is 0 Å². The number of aryl methyl sites for hydroxylation is 1. The number of aromatic carboxylic acids is 1. The molecule has 102 valence electrons. The second-order valence-electron chi connectivity index (χ2n) is 5.04. The molecule has 1 N–H and O–H groups in total. The first-order chi connectivity index (χ1) is 9.56. The van der Waals surface area contributed by atoms with Crippen LogP contribution in [-0.2, 0) is 0 Å². The fourth-order valence-electron chi connectivity index (χ4n) is 2.10. The van der Waals surface area contributed by atoms with E-state index in [9.17, 15) is 9.90 Å². The van der Waals surface area contributed by atoms with Gasteiger partial charge in [-0.05, 0) is 31.4 Å². The molecule has 1 aliphatic rings. The van der Waals surface area contributed by atoms with Crippen LogP contribution in [0, 0.1) is 6.92 Å². The van der Waals surface area contributed by atoms with Crippen molar-refractivity contribution in [2.75, 3.05) is 0 Å². The van der Waals surface area contributed by atoms with Crippen LogP contribution in [0.4, 0.5) is 0 Å². The van der Waals surface area contributed by atoms with Crippen molar-refractivity contribution in [1.29, 1.82) is 0 Å². The molecular formula is C15H13BrN2O2. The molecule has 0 unspecified atom stereocenters. The summed E-state index contributed by atoms with van der Waals surface area (Å²) in [5.41, 5.74) is 2.92. The minimum atomic E-state index is -0.955. The highest BCUT2D eigenvalue weighted by atomic mass is 79.9. The summed E-state index contributed by atoms with van der Waals surface area (Å²) in [5.74, 6) is -0.0992. The molecule has 1 saturated carbocycles. The summed E-state index contributed by atoms with van der Waals surface area (Å²) in [5, 5.41) is 9.20. The largest absolute Gasteiger partial charge is 0.478 e. The number of hydrogen-bond acceptors (Lipinski definition) is 3. The van der Waals surface area contributed by atoms with Crippen molar-refractivity contribution in [3.05, 3.63) is 45.7 Å². The molecule has 3 rings (SSSR count). The number of carbonyl (C=O) groups is 1. The third kappa shape index (κ3) is 2.45. The van der Waals surface area contributed by atoms with Crippen LogP contribution in [0.1, 0.15) is 40.4 Å². The number of halogens is 1. The monoisotopic (exact) mass is 332 g/mol. The molecule has 0 atom stereocenters. The van der Waals surface area contributed by atoms with Gasteiger partial charge in [0.25, 0.3) is 0 Å². The van der Waals surface area contributed by atoms with Crippen molar-refractivity contribution in [1.82, 2.24) is 9.97 Å². The molecule has 5 heteroatoms. The van der Waals surface area contributed by atoms with E-state index in [1.807, 2.05) is 25.1 Å². The lowest BCUT2D eigenvalue weighted by Gasteiger charge is -2.07. The van der Waals surface area contributed by atoms with Gasteiger partial charge < -0.3 is 5.11 Å². The normalized spacial score (nSPS) is 14.3. The van der Waals surface area contributed by atoms with Crippen LogP contribution >= 0.6 is 15.9 Å². The number of hydrogen-bond donors (Lipinski definition) is 1. The number of carboxylic acid groups (broad SMARTS) is 1. The molecule has 4 nitrogen and oxygen atoms in total. The maximum atomic E-state index is 11.2. The van der Waals surface area contributed by atoms with Crippen LogP contribution < -0.4 is 0 Å². The molecule has 0 amide bonds. The zero-order chi connectivity index (χ0) is 14.3. The fourth-order valence-corrected chi connectivity index (χ4v) is 2.48. The first-order valence-electron chi connectivity index (χ1n) is 6.43. The van der Waals surface area contributed by atoms with Gasteiger partial charge in [0.15, 0.2) is 5.82 Å². The number of rotatable bonds is 3. The lowest BCUT2D eigenvalue weighted by molar-refractivity contribution is 0.0694. The fraction of sp³-hybridized carbons (Fsp3) is 0.267. The second-order valence-corrected chi connectivity index (χ2v) is 5.89. The van der Waals surface area contributed by atoms with Crippen molar-refractivity contribution in [3.63, 3.8) is 0 Å². The van der Waals surface area contributed by atoms with Gasteiger partial charge in [0.05, 0.1) is 11.3 Å². The second kappa shape index (κ2) is 4.98. The number of carboxylic acids is 1. The Hall–Kier alpha value is -1.75. The average Bonchev–Trinajstić information content (AvgIpc) is 3.25. The maximum Gasteiger partial charge on any atom is 0.339 e. The van der Waals surface area contributed by atoms with E-state index in [0.29, 0.717) is 11.5 Å². The number of aromatic nitrogens is 2. The minimum absolute atomic E-state index is 0.224. The molecule has 1 heterocycles. The van der Waals surface area contributed by atoms with Crippen LogP contribution in [0.3, 0.4) is 0 Å². The van der Waals surface area contributed by atoms with Crippen LogP contribution in [0.15, 0.2) is 28.9 Å². The average molecular weight is 333 g/mol. The molecule has 0 aliphatic heterocycles. The zero-order valence-corrected chi connectivity index (χ0v) is 12.5. The SMILES string of the molecule is Cc1ccc(-c2ncc(C(=O)O)c(C3CC3)n2)cc1Br. The Bertz CT molecular complexity index is 696. The van der Waals surface area contributed by atoms with Crippen molar-refractivity contribution < 1.29 is 9.90 Å². The number of nitrogens with zero attached hydrogens (tertiary/aromatic N) is 2. The summed E-state index contributed by atoms with van der Waals surface area (Å²) >= 11 is 3.49. The summed E-state index contributed by atoms with van der Waals surface area (Å²) in [6.45, 7) is 2.01. The van der Waals surface area contributed by atoms with Crippen LogP contribution in [0.5, 0.6) is 0 Å². The number of benzene rings is 1. The Morgan fingerprint density at radius 2 is 2.15 bits per heavy atom. The molecule has 2 aromatic rings. The maximum absolute atomic E-state index is 11.2. The van der Waals surface area contributed by atoms with Crippen molar-refractivity contribution in [2.24, 2.45) is 0 Å². The highest BCUT2D eigenvalue weighted by Gasteiger charge is 2.30. The predicted octanol–water partition coefficient (Wildman–Crippen LogP) is 3.79. The van der Waals surface area contributed by atoms with E-state index in [0.717, 1.165) is 28.4 Å². The quantitative estimate of drug-likeness (QED) is 0.928. The van der Waals surface area contributed by atoms with Gasteiger partial charge in [0.2, 0.25) is 0 Å². The van der Waals surface area contributed by atoms with Crippen molar-refractivity contribution >= 4 is 21.9 Å². The van der Waals surface area contributed by atoms with Gasteiger partial charge in [-0.1, -0.05) is 28.1 Å². The Morgan fingerprint density at radius 1 is 1.40 bits per heavy atom.